The van der Waals surface area contributed by atoms with Gasteiger partial charge in [-0.3, -0.25) is 0 Å². The number of aromatic nitrogens is 3. The molecule has 0 aliphatic rings. The van der Waals surface area contributed by atoms with Crippen LogP contribution in [0.3, 0.4) is 0 Å². The van der Waals surface area contributed by atoms with Crippen LogP contribution in [0.15, 0.2) is 36.2 Å². The third-order valence-electron chi connectivity index (χ3n) is 3.70. The fraction of sp³-hybridized carbons (Fsp3) is 0.333. The van der Waals surface area contributed by atoms with Crippen molar-refractivity contribution < 1.29 is 0 Å². The molecule has 0 fully saturated rings. The van der Waals surface area contributed by atoms with Crippen LogP contribution in [0, 0.1) is 5.92 Å². The average Bonchev–Trinajstić information content (AvgIpc) is 3.06. The van der Waals surface area contributed by atoms with Crippen molar-refractivity contribution in [2.24, 2.45) is 11.7 Å². The number of thiazole rings is 1. The summed E-state index contributed by atoms with van der Waals surface area (Å²) >= 11 is 1.66. The highest BCUT2D eigenvalue weighted by Gasteiger charge is 2.19. The zero-order valence-corrected chi connectivity index (χ0v) is 12.5. The third kappa shape index (κ3) is 2.23. The molecule has 0 aliphatic heterocycles. The standard InChI is InChI=1S/C15H18N4S/c1-10(2)12(6-16)14-7-17-8-19(14)11-3-4-13-15(5-11)20-9-18-13/h3-5,7-10,12H,6,16H2,1-2H3. The van der Waals surface area contributed by atoms with Crippen LogP contribution in [-0.4, -0.2) is 21.1 Å². The van der Waals surface area contributed by atoms with Gasteiger partial charge in [0, 0.05) is 30.0 Å². The summed E-state index contributed by atoms with van der Waals surface area (Å²) in [7, 11) is 0. The van der Waals surface area contributed by atoms with E-state index >= 15 is 0 Å². The van der Waals surface area contributed by atoms with Gasteiger partial charge >= 0.3 is 0 Å². The summed E-state index contributed by atoms with van der Waals surface area (Å²) in [6.07, 6.45) is 3.79. The number of hydrogen-bond acceptors (Lipinski definition) is 4. The van der Waals surface area contributed by atoms with Crippen LogP contribution in [0.5, 0.6) is 0 Å². The minimum Gasteiger partial charge on any atom is -0.330 e. The summed E-state index contributed by atoms with van der Waals surface area (Å²) < 4.78 is 3.33. The Labute approximate surface area is 122 Å². The van der Waals surface area contributed by atoms with E-state index in [-0.39, 0.29) is 0 Å². The lowest BCUT2D eigenvalue weighted by Crippen LogP contribution is -2.20. The van der Waals surface area contributed by atoms with Gasteiger partial charge in [-0.05, 0) is 24.1 Å². The fourth-order valence-electron chi connectivity index (χ4n) is 2.52. The maximum absolute atomic E-state index is 5.94. The lowest BCUT2D eigenvalue weighted by atomic mass is 9.93. The molecule has 20 heavy (non-hydrogen) atoms. The second-order valence-corrected chi connectivity index (χ2v) is 6.17. The van der Waals surface area contributed by atoms with Crippen molar-refractivity contribution in [2.75, 3.05) is 6.54 Å². The van der Waals surface area contributed by atoms with Gasteiger partial charge in [-0.2, -0.15) is 0 Å². The molecule has 0 aliphatic carbocycles. The highest BCUT2D eigenvalue weighted by atomic mass is 32.1. The summed E-state index contributed by atoms with van der Waals surface area (Å²) in [5.74, 6) is 0.803. The Balaban J connectivity index is 2.08. The Hall–Kier alpha value is -1.72. The summed E-state index contributed by atoms with van der Waals surface area (Å²) in [6, 6.07) is 6.30. The predicted octanol–water partition coefficient (Wildman–Crippen LogP) is 3.18. The average molecular weight is 286 g/mol. The van der Waals surface area contributed by atoms with Crippen LogP contribution in [-0.2, 0) is 0 Å². The number of imidazole rings is 1. The van der Waals surface area contributed by atoms with E-state index in [2.05, 4.69) is 46.6 Å². The fourth-order valence-corrected chi connectivity index (χ4v) is 3.23. The normalized spacial score (nSPS) is 13.2. The topological polar surface area (TPSA) is 56.7 Å². The minimum absolute atomic E-state index is 0.314. The molecule has 104 valence electrons. The molecule has 5 heteroatoms. The molecule has 0 saturated carbocycles. The quantitative estimate of drug-likeness (QED) is 0.801. The third-order valence-corrected chi connectivity index (χ3v) is 4.49. The van der Waals surface area contributed by atoms with E-state index < -0.39 is 0 Å². The number of nitrogens with two attached hydrogens (primary N) is 1. The van der Waals surface area contributed by atoms with Gasteiger partial charge in [0.15, 0.2) is 0 Å². The molecule has 3 rings (SSSR count). The number of nitrogens with zero attached hydrogens (tertiary/aromatic N) is 3. The molecule has 0 saturated heterocycles. The van der Waals surface area contributed by atoms with E-state index in [0.717, 1.165) is 11.2 Å². The highest BCUT2D eigenvalue weighted by molar-refractivity contribution is 7.16. The molecular weight excluding hydrogens is 268 g/mol. The van der Waals surface area contributed by atoms with E-state index in [1.807, 2.05) is 18.0 Å². The van der Waals surface area contributed by atoms with E-state index in [1.165, 1.54) is 10.4 Å². The first kappa shape index (κ1) is 13.3. The SMILES string of the molecule is CC(C)C(CN)c1cncn1-c1ccc2ncsc2c1. The summed E-state index contributed by atoms with van der Waals surface area (Å²) in [5.41, 5.74) is 11.1. The maximum Gasteiger partial charge on any atom is 0.0994 e. The molecule has 1 atom stereocenters. The van der Waals surface area contributed by atoms with Crippen molar-refractivity contribution in [3.05, 3.63) is 41.9 Å². The molecule has 2 heterocycles. The molecule has 1 unspecified atom stereocenters. The van der Waals surface area contributed by atoms with E-state index in [4.69, 9.17) is 5.73 Å². The van der Waals surface area contributed by atoms with Gasteiger partial charge < -0.3 is 10.3 Å². The Morgan fingerprint density at radius 2 is 2.20 bits per heavy atom. The van der Waals surface area contributed by atoms with Crippen LogP contribution < -0.4 is 5.73 Å². The van der Waals surface area contributed by atoms with Gasteiger partial charge in [0.2, 0.25) is 0 Å². The predicted molar refractivity (Wildman–Crippen MR) is 83.4 cm³/mol. The van der Waals surface area contributed by atoms with Gasteiger partial charge in [0.05, 0.1) is 22.1 Å². The van der Waals surface area contributed by atoms with Crippen molar-refractivity contribution in [3.63, 3.8) is 0 Å². The van der Waals surface area contributed by atoms with Gasteiger partial charge in [-0.15, -0.1) is 11.3 Å². The monoisotopic (exact) mass is 286 g/mol. The van der Waals surface area contributed by atoms with Crippen molar-refractivity contribution in [1.82, 2.24) is 14.5 Å². The highest BCUT2D eigenvalue weighted by Crippen LogP contribution is 2.27. The molecule has 0 radical (unpaired) electrons. The lowest BCUT2D eigenvalue weighted by molar-refractivity contribution is 0.490. The number of rotatable bonds is 4. The van der Waals surface area contributed by atoms with E-state index in [0.29, 0.717) is 18.4 Å². The number of fused-ring (bicyclic) bond motifs is 1. The summed E-state index contributed by atoms with van der Waals surface area (Å²) in [4.78, 5) is 8.63. The lowest BCUT2D eigenvalue weighted by Gasteiger charge is -2.20. The zero-order valence-electron chi connectivity index (χ0n) is 11.7. The molecule has 3 aromatic rings. The van der Waals surface area contributed by atoms with E-state index in [9.17, 15) is 0 Å². The second-order valence-electron chi connectivity index (χ2n) is 5.28. The Kier molecular flexibility index (Phi) is 3.54. The van der Waals surface area contributed by atoms with Crippen molar-refractivity contribution in [3.8, 4) is 5.69 Å². The Morgan fingerprint density at radius 3 is 2.95 bits per heavy atom. The van der Waals surface area contributed by atoms with Crippen LogP contribution >= 0.6 is 11.3 Å². The maximum atomic E-state index is 5.94. The van der Waals surface area contributed by atoms with Crippen molar-refractivity contribution >= 4 is 21.6 Å². The van der Waals surface area contributed by atoms with Crippen LogP contribution in [0.1, 0.15) is 25.5 Å². The Morgan fingerprint density at radius 1 is 1.35 bits per heavy atom. The summed E-state index contributed by atoms with van der Waals surface area (Å²) in [6.45, 7) is 5.02. The van der Waals surface area contributed by atoms with Gasteiger partial charge in [0.25, 0.3) is 0 Å². The first-order chi connectivity index (χ1) is 9.70. The zero-order chi connectivity index (χ0) is 14.1. The number of hydrogen-bond donors (Lipinski definition) is 1. The first-order valence-corrected chi connectivity index (χ1v) is 7.64. The molecule has 2 aromatic heterocycles. The molecule has 0 spiro atoms. The van der Waals surface area contributed by atoms with Crippen LogP contribution in [0.2, 0.25) is 0 Å². The van der Waals surface area contributed by atoms with Crippen molar-refractivity contribution in [1.29, 1.82) is 0 Å². The number of benzene rings is 1. The molecule has 4 nitrogen and oxygen atoms in total. The largest absolute Gasteiger partial charge is 0.330 e. The van der Waals surface area contributed by atoms with E-state index in [1.54, 1.807) is 11.3 Å². The molecule has 2 N–H and O–H groups in total. The first-order valence-electron chi connectivity index (χ1n) is 6.76. The van der Waals surface area contributed by atoms with Gasteiger partial charge in [0.1, 0.15) is 0 Å². The van der Waals surface area contributed by atoms with Gasteiger partial charge in [-0.25, -0.2) is 9.97 Å². The minimum atomic E-state index is 0.314. The second kappa shape index (κ2) is 5.34. The Bertz CT molecular complexity index is 713. The van der Waals surface area contributed by atoms with Crippen molar-refractivity contribution in [2.45, 2.75) is 19.8 Å². The van der Waals surface area contributed by atoms with Crippen LogP contribution in [0.4, 0.5) is 0 Å². The molecule has 1 aromatic carbocycles. The molecule has 0 bridgehead atoms. The summed E-state index contributed by atoms with van der Waals surface area (Å²) in [5, 5.41) is 0. The molecule has 0 amide bonds. The van der Waals surface area contributed by atoms with Gasteiger partial charge in [-0.1, -0.05) is 13.8 Å². The van der Waals surface area contributed by atoms with Crippen LogP contribution in [0.25, 0.3) is 15.9 Å². The molecular formula is C15H18N4S. The smallest absolute Gasteiger partial charge is 0.0994 e.